The van der Waals surface area contributed by atoms with Crippen molar-refractivity contribution in [2.75, 3.05) is 13.2 Å². The highest BCUT2D eigenvalue weighted by Gasteiger charge is 2.13. The maximum Gasteiger partial charge on any atom is 0.335 e. The van der Waals surface area contributed by atoms with Gasteiger partial charge in [-0.15, -0.1) is 0 Å². The van der Waals surface area contributed by atoms with Crippen molar-refractivity contribution in [3.05, 3.63) is 43.5 Å². The van der Waals surface area contributed by atoms with Gasteiger partial charge in [0.2, 0.25) is 5.75 Å². The zero-order valence-corrected chi connectivity index (χ0v) is 10.7. The van der Waals surface area contributed by atoms with Crippen molar-refractivity contribution in [2.45, 2.75) is 0 Å². The SMILES string of the molecule is C=CC(=O)OCCOc1c(O)cccc1OC(=O)C=C. The molecule has 1 aromatic rings. The van der Waals surface area contributed by atoms with Crippen LogP contribution in [0.1, 0.15) is 0 Å². The molecule has 0 unspecified atom stereocenters. The Morgan fingerprint density at radius 2 is 1.85 bits per heavy atom. The van der Waals surface area contributed by atoms with Crippen LogP contribution in [0, 0.1) is 0 Å². The second kappa shape index (κ2) is 7.63. The lowest BCUT2D eigenvalue weighted by Crippen LogP contribution is -2.11. The molecular formula is C14H14O6. The van der Waals surface area contributed by atoms with Crippen LogP contribution in [0.2, 0.25) is 0 Å². The summed E-state index contributed by atoms with van der Waals surface area (Å²) in [5.74, 6) is -1.43. The fraction of sp³-hybridized carbons (Fsp3) is 0.143. The van der Waals surface area contributed by atoms with E-state index >= 15 is 0 Å². The standard InChI is InChI=1S/C14H14O6/c1-3-12(16)18-8-9-19-14-10(15)6-5-7-11(14)20-13(17)4-2/h3-7,15H,1-2,8-9H2. The number of hydrogen-bond donors (Lipinski definition) is 1. The summed E-state index contributed by atoms with van der Waals surface area (Å²) in [6.45, 7) is 6.46. The number of benzene rings is 1. The van der Waals surface area contributed by atoms with E-state index in [0.717, 1.165) is 12.2 Å². The number of hydrogen-bond acceptors (Lipinski definition) is 6. The molecule has 0 atom stereocenters. The minimum Gasteiger partial charge on any atom is -0.504 e. The van der Waals surface area contributed by atoms with Gasteiger partial charge >= 0.3 is 11.9 Å². The summed E-state index contributed by atoms with van der Waals surface area (Å²) in [4.78, 5) is 22.0. The Morgan fingerprint density at radius 1 is 1.15 bits per heavy atom. The molecule has 0 aliphatic heterocycles. The van der Waals surface area contributed by atoms with Crippen molar-refractivity contribution in [3.63, 3.8) is 0 Å². The normalized spacial score (nSPS) is 9.40. The summed E-state index contributed by atoms with van der Waals surface area (Å²) in [6.07, 6.45) is 2.01. The smallest absolute Gasteiger partial charge is 0.335 e. The number of phenolic OH excluding ortho intramolecular Hbond substituents is 1. The van der Waals surface area contributed by atoms with Crippen molar-refractivity contribution < 1.29 is 28.9 Å². The van der Waals surface area contributed by atoms with Gasteiger partial charge in [0.15, 0.2) is 11.5 Å². The quantitative estimate of drug-likeness (QED) is 0.353. The van der Waals surface area contributed by atoms with Gasteiger partial charge in [-0.3, -0.25) is 0 Å². The Hall–Kier alpha value is -2.76. The lowest BCUT2D eigenvalue weighted by Gasteiger charge is -2.12. The molecule has 0 saturated carbocycles. The van der Waals surface area contributed by atoms with E-state index in [1.165, 1.54) is 18.2 Å². The minimum absolute atomic E-state index is 0.0163. The molecule has 0 fully saturated rings. The molecule has 6 nitrogen and oxygen atoms in total. The van der Waals surface area contributed by atoms with Gasteiger partial charge in [0.1, 0.15) is 13.2 Å². The summed E-state index contributed by atoms with van der Waals surface area (Å²) in [6, 6.07) is 4.31. The molecule has 20 heavy (non-hydrogen) atoms. The second-order valence-corrected chi connectivity index (χ2v) is 3.45. The molecule has 0 aromatic heterocycles. The summed E-state index contributed by atoms with van der Waals surface area (Å²) in [5.41, 5.74) is 0. The first-order valence-corrected chi connectivity index (χ1v) is 5.66. The highest BCUT2D eigenvalue weighted by Crippen LogP contribution is 2.36. The van der Waals surface area contributed by atoms with E-state index in [1.807, 2.05) is 0 Å². The van der Waals surface area contributed by atoms with Crippen LogP contribution in [0.25, 0.3) is 0 Å². The summed E-state index contributed by atoms with van der Waals surface area (Å²) < 4.78 is 14.9. The molecule has 0 aliphatic carbocycles. The van der Waals surface area contributed by atoms with Gasteiger partial charge in [0.25, 0.3) is 0 Å². The van der Waals surface area contributed by atoms with Gasteiger partial charge in [0.05, 0.1) is 0 Å². The molecular weight excluding hydrogens is 264 g/mol. The predicted octanol–water partition coefficient (Wildman–Crippen LogP) is 1.59. The first-order chi connectivity index (χ1) is 9.58. The maximum absolute atomic E-state index is 11.1. The Kier molecular flexibility index (Phi) is 5.83. The molecule has 1 N–H and O–H groups in total. The fourth-order valence-electron chi connectivity index (χ4n) is 1.22. The van der Waals surface area contributed by atoms with E-state index in [4.69, 9.17) is 14.2 Å². The number of esters is 2. The van der Waals surface area contributed by atoms with Crippen LogP contribution in [0.15, 0.2) is 43.5 Å². The number of ether oxygens (including phenoxy) is 3. The molecule has 0 aliphatic rings. The zero-order valence-electron chi connectivity index (χ0n) is 10.7. The summed E-state index contributed by atoms with van der Waals surface area (Å²) in [5, 5.41) is 9.67. The zero-order chi connectivity index (χ0) is 15.0. The first-order valence-electron chi connectivity index (χ1n) is 5.66. The van der Waals surface area contributed by atoms with Crippen molar-refractivity contribution in [1.29, 1.82) is 0 Å². The number of carbonyl (C=O) groups is 2. The van der Waals surface area contributed by atoms with Crippen LogP contribution in [-0.4, -0.2) is 30.3 Å². The maximum atomic E-state index is 11.1. The van der Waals surface area contributed by atoms with Gasteiger partial charge in [-0.2, -0.15) is 0 Å². The van der Waals surface area contributed by atoms with E-state index in [9.17, 15) is 14.7 Å². The van der Waals surface area contributed by atoms with Gasteiger partial charge in [-0.1, -0.05) is 19.2 Å². The lowest BCUT2D eigenvalue weighted by molar-refractivity contribution is -0.138. The van der Waals surface area contributed by atoms with Crippen LogP contribution in [0.4, 0.5) is 0 Å². The van der Waals surface area contributed by atoms with Crippen LogP contribution < -0.4 is 9.47 Å². The molecule has 0 radical (unpaired) electrons. The van der Waals surface area contributed by atoms with Crippen LogP contribution in [0.3, 0.4) is 0 Å². The average molecular weight is 278 g/mol. The van der Waals surface area contributed by atoms with Crippen molar-refractivity contribution >= 4 is 11.9 Å². The third kappa shape index (κ3) is 4.49. The van der Waals surface area contributed by atoms with E-state index in [-0.39, 0.29) is 30.5 Å². The fourth-order valence-corrected chi connectivity index (χ4v) is 1.22. The van der Waals surface area contributed by atoms with Crippen LogP contribution in [-0.2, 0) is 14.3 Å². The monoisotopic (exact) mass is 278 g/mol. The third-order valence-corrected chi connectivity index (χ3v) is 2.08. The van der Waals surface area contributed by atoms with Gasteiger partial charge in [-0.05, 0) is 12.1 Å². The van der Waals surface area contributed by atoms with Gasteiger partial charge in [-0.25, -0.2) is 9.59 Å². The molecule has 6 heteroatoms. The van der Waals surface area contributed by atoms with E-state index in [2.05, 4.69) is 13.2 Å². The molecule has 1 rings (SSSR count). The van der Waals surface area contributed by atoms with E-state index in [1.54, 1.807) is 0 Å². The highest BCUT2D eigenvalue weighted by molar-refractivity contribution is 5.84. The topological polar surface area (TPSA) is 82.1 Å². The Labute approximate surface area is 115 Å². The lowest BCUT2D eigenvalue weighted by atomic mass is 10.3. The van der Waals surface area contributed by atoms with Crippen LogP contribution >= 0.6 is 0 Å². The molecule has 0 saturated heterocycles. The number of rotatable bonds is 7. The highest BCUT2D eigenvalue weighted by atomic mass is 16.6. The number of para-hydroxylation sites is 1. The molecule has 0 bridgehead atoms. The number of phenols is 1. The predicted molar refractivity (Wildman–Crippen MR) is 70.6 cm³/mol. The second-order valence-electron chi connectivity index (χ2n) is 3.45. The Balaban J connectivity index is 2.67. The summed E-state index contributed by atoms with van der Waals surface area (Å²) >= 11 is 0. The average Bonchev–Trinajstić information content (AvgIpc) is 2.45. The number of aromatic hydroxyl groups is 1. The van der Waals surface area contributed by atoms with Gasteiger partial charge < -0.3 is 19.3 Å². The molecule has 106 valence electrons. The van der Waals surface area contributed by atoms with Gasteiger partial charge in [0, 0.05) is 12.2 Å². The number of carbonyl (C=O) groups excluding carboxylic acids is 2. The van der Waals surface area contributed by atoms with E-state index in [0.29, 0.717) is 0 Å². The van der Waals surface area contributed by atoms with Crippen molar-refractivity contribution in [1.82, 2.24) is 0 Å². The minimum atomic E-state index is -0.682. The molecule has 1 aromatic carbocycles. The Bertz CT molecular complexity index is 520. The molecule has 0 heterocycles. The first kappa shape index (κ1) is 15.3. The summed E-state index contributed by atoms with van der Waals surface area (Å²) in [7, 11) is 0. The molecule has 0 spiro atoms. The van der Waals surface area contributed by atoms with Crippen molar-refractivity contribution in [2.24, 2.45) is 0 Å². The van der Waals surface area contributed by atoms with Crippen molar-refractivity contribution in [3.8, 4) is 17.2 Å². The molecule has 0 amide bonds. The Morgan fingerprint density at radius 3 is 2.50 bits per heavy atom. The third-order valence-electron chi connectivity index (χ3n) is 2.08. The van der Waals surface area contributed by atoms with E-state index < -0.39 is 11.9 Å². The largest absolute Gasteiger partial charge is 0.504 e. The van der Waals surface area contributed by atoms with Crippen LogP contribution in [0.5, 0.6) is 17.2 Å².